The molecule has 0 bridgehead atoms. The fourth-order valence-electron chi connectivity index (χ4n) is 5.35. The normalized spacial score (nSPS) is 16.8. The van der Waals surface area contributed by atoms with Crippen LogP contribution in [0.2, 0.25) is 0 Å². The monoisotopic (exact) mass is 370 g/mol. The summed E-state index contributed by atoms with van der Waals surface area (Å²) in [4.78, 5) is 13.3. The van der Waals surface area contributed by atoms with Crippen LogP contribution in [0.1, 0.15) is 85.0 Å². The van der Waals surface area contributed by atoms with Gasteiger partial charge in [-0.25, -0.2) is 0 Å². The van der Waals surface area contributed by atoms with Crippen LogP contribution in [0.5, 0.6) is 0 Å². The van der Waals surface area contributed by atoms with Gasteiger partial charge in [-0.05, 0) is 66.5 Å². The van der Waals surface area contributed by atoms with Crippen LogP contribution in [0.25, 0.3) is 5.57 Å². The minimum absolute atomic E-state index is 0.0765. The summed E-state index contributed by atoms with van der Waals surface area (Å²) in [5.41, 5.74) is 8.45. The predicted octanol–water partition coefficient (Wildman–Crippen LogP) is 7.18. The van der Waals surface area contributed by atoms with E-state index in [2.05, 4.69) is 38.1 Å². The van der Waals surface area contributed by atoms with Gasteiger partial charge < -0.3 is 0 Å². The van der Waals surface area contributed by atoms with Crippen LogP contribution < -0.4 is 0 Å². The van der Waals surface area contributed by atoms with Crippen molar-refractivity contribution in [3.05, 3.63) is 88.0 Å². The zero-order valence-corrected chi connectivity index (χ0v) is 17.3. The van der Waals surface area contributed by atoms with E-state index in [1.165, 1.54) is 22.3 Å². The quantitative estimate of drug-likeness (QED) is 0.492. The summed E-state index contributed by atoms with van der Waals surface area (Å²) in [6.45, 7) is 6.58. The lowest BCUT2D eigenvalue weighted by Gasteiger charge is -2.33. The predicted molar refractivity (Wildman–Crippen MR) is 118 cm³/mol. The summed E-state index contributed by atoms with van der Waals surface area (Å²) in [6.07, 6.45) is 11.8. The molecular weight excluding hydrogens is 340 g/mol. The maximum Gasteiger partial charge on any atom is 0.193 e. The average molecular weight is 371 g/mol. The molecule has 0 saturated heterocycles. The minimum atomic E-state index is 0.0765. The molecule has 1 nitrogen and oxygen atoms in total. The molecule has 0 unspecified atom stereocenters. The first-order valence-electron chi connectivity index (χ1n) is 10.8. The number of carbonyl (C=O) groups excluding carboxylic acids is 1. The largest absolute Gasteiger partial charge is 0.289 e. The van der Waals surface area contributed by atoms with Crippen molar-refractivity contribution < 1.29 is 4.79 Å². The molecule has 0 amide bonds. The zero-order chi connectivity index (χ0) is 19.7. The molecule has 1 heteroatoms. The van der Waals surface area contributed by atoms with Crippen molar-refractivity contribution in [2.75, 3.05) is 0 Å². The molecule has 0 aliphatic heterocycles. The third-order valence-corrected chi connectivity index (χ3v) is 6.50. The fraction of sp³-hybridized carbons (Fsp3) is 0.370. The third kappa shape index (κ3) is 2.89. The van der Waals surface area contributed by atoms with Crippen molar-refractivity contribution in [3.8, 4) is 0 Å². The highest BCUT2D eigenvalue weighted by Gasteiger charge is 2.44. The van der Waals surface area contributed by atoms with Gasteiger partial charge in [0.05, 0.1) is 0 Å². The summed E-state index contributed by atoms with van der Waals surface area (Å²) >= 11 is 0. The first-order chi connectivity index (χ1) is 13.6. The van der Waals surface area contributed by atoms with Gasteiger partial charge in [-0.1, -0.05) is 75.2 Å². The number of hydrogen-bond donors (Lipinski definition) is 0. The second kappa shape index (κ2) is 7.54. The van der Waals surface area contributed by atoms with Gasteiger partial charge >= 0.3 is 0 Å². The SMILES string of the molecule is CCCC1(CCC)C2=CCCC=C2c2ccc(C(=O)c3ccccc3C)cc21. The average Bonchev–Trinajstić information content (AvgIpc) is 2.98. The minimum Gasteiger partial charge on any atom is -0.289 e. The van der Waals surface area contributed by atoms with E-state index in [1.807, 2.05) is 37.3 Å². The Labute approximate surface area is 169 Å². The molecule has 0 N–H and O–H groups in total. The highest BCUT2D eigenvalue weighted by molar-refractivity contribution is 6.10. The van der Waals surface area contributed by atoms with Crippen molar-refractivity contribution in [2.24, 2.45) is 0 Å². The Morgan fingerprint density at radius 2 is 1.68 bits per heavy atom. The molecule has 4 rings (SSSR count). The molecule has 0 heterocycles. The van der Waals surface area contributed by atoms with Crippen LogP contribution >= 0.6 is 0 Å². The van der Waals surface area contributed by atoms with Gasteiger partial charge in [0.2, 0.25) is 0 Å². The number of carbonyl (C=O) groups is 1. The number of ketones is 1. The maximum atomic E-state index is 13.3. The molecule has 0 spiro atoms. The number of benzene rings is 2. The Bertz CT molecular complexity index is 968. The van der Waals surface area contributed by atoms with Crippen LogP contribution in [0.3, 0.4) is 0 Å². The number of aryl methyl sites for hydroxylation is 1. The Morgan fingerprint density at radius 3 is 2.39 bits per heavy atom. The lowest BCUT2D eigenvalue weighted by Crippen LogP contribution is -2.26. The first-order valence-corrected chi connectivity index (χ1v) is 10.8. The zero-order valence-electron chi connectivity index (χ0n) is 17.3. The molecule has 28 heavy (non-hydrogen) atoms. The molecule has 0 saturated carbocycles. The van der Waals surface area contributed by atoms with E-state index in [4.69, 9.17) is 0 Å². The van der Waals surface area contributed by atoms with Crippen molar-refractivity contribution in [1.82, 2.24) is 0 Å². The Kier molecular flexibility index (Phi) is 5.10. The highest BCUT2D eigenvalue weighted by Crippen LogP contribution is 2.56. The summed E-state index contributed by atoms with van der Waals surface area (Å²) in [5.74, 6) is 0.139. The van der Waals surface area contributed by atoms with Crippen LogP contribution in [-0.4, -0.2) is 5.78 Å². The lowest BCUT2D eigenvalue weighted by molar-refractivity contribution is 0.103. The van der Waals surface area contributed by atoms with E-state index in [0.717, 1.165) is 55.2 Å². The summed E-state index contributed by atoms with van der Waals surface area (Å²) in [6, 6.07) is 14.4. The summed E-state index contributed by atoms with van der Waals surface area (Å²) in [7, 11) is 0. The van der Waals surface area contributed by atoms with Crippen molar-refractivity contribution in [3.63, 3.8) is 0 Å². The van der Waals surface area contributed by atoms with Crippen molar-refractivity contribution in [2.45, 2.75) is 64.7 Å². The van der Waals surface area contributed by atoms with Gasteiger partial charge in [0.25, 0.3) is 0 Å². The molecule has 2 aliphatic rings. The van der Waals surface area contributed by atoms with E-state index >= 15 is 0 Å². The molecule has 0 radical (unpaired) electrons. The molecule has 2 aliphatic carbocycles. The summed E-state index contributed by atoms with van der Waals surface area (Å²) < 4.78 is 0. The number of fused-ring (bicyclic) bond motifs is 3. The molecule has 0 aromatic heterocycles. The Morgan fingerprint density at radius 1 is 0.964 bits per heavy atom. The molecule has 144 valence electrons. The first kappa shape index (κ1) is 18.9. The van der Waals surface area contributed by atoms with E-state index in [-0.39, 0.29) is 11.2 Å². The highest BCUT2D eigenvalue weighted by atomic mass is 16.1. The second-order valence-corrected chi connectivity index (χ2v) is 8.30. The second-order valence-electron chi connectivity index (χ2n) is 8.30. The fourth-order valence-corrected chi connectivity index (χ4v) is 5.35. The van der Waals surface area contributed by atoms with Crippen LogP contribution in [0, 0.1) is 6.92 Å². The molecule has 2 aromatic rings. The van der Waals surface area contributed by atoms with E-state index in [9.17, 15) is 4.79 Å². The maximum absolute atomic E-state index is 13.3. The van der Waals surface area contributed by atoms with E-state index in [1.54, 1.807) is 0 Å². The Balaban J connectivity index is 1.88. The van der Waals surface area contributed by atoms with Gasteiger partial charge in [-0.15, -0.1) is 0 Å². The van der Waals surface area contributed by atoms with Gasteiger partial charge in [-0.2, -0.15) is 0 Å². The molecule has 0 atom stereocenters. The van der Waals surface area contributed by atoms with Crippen molar-refractivity contribution >= 4 is 11.4 Å². The molecule has 0 fully saturated rings. The summed E-state index contributed by atoms with van der Waals surface area (Å²) in [5, 5.41) is 0. The smallest absolute Gasteiger partial charge is 0.193 e. The van der Waals surface area contributed by atoms with Gasteiger partial charge in [0, 0.05) is 16.5 Å². The number of hydrogen-bond acceptors (Lipinski definition) is 1. The van der Waals surface area contributed by atoms with Crippen LogP contribution in [0.15, 0.2) is 60.2 Å². The lowest BCUT2D eigenvalue weighted by atomic mass is 9.70. The Hall–Kier alpha value is -2.41. The molecular formula is C27H30O. The van der Waals surface area contributed by atoms with Crippen LogP contribution in [-0.2, 0) is 5.41 Å². The topological polar surface area (TPSA) is 17.1 Å². The van der Waals surface area contributed by atoms with E-state index < -0.39 is 0 Å². The van der Waals surface area contributed by atoms with E-state index in [0.29, 0.717) is 0 Å². The number of allylic oxidation sites excluding steroid dienone is 4. The van der Waals surface area contributed by atoms with Gasteiger partial charge in [0.15, 0.2) is 5.78 Å². The third-order valence-electron chi connectivity index (χ3n) is 6.50. The van der Waals surface area contributed by atoms with Gasteiger partial charge in [0.1, 0.15) is 0 Å². The van der Waals surface area contributed by atoms with Gasteiger partial charge in [-0.3, -0.25) is 4.79 Å². The number of rotatable bonds is 6. The standard InChI is InChI=1S/C27H30O/c1-4-16-27(17-5-2)24-13-9-8-12-22(24)23-15-14-20(18-25(23)27)26(28)21-11-7-6-10-19(21)3/h6-7,10-15,18H,4-5,8-9,16-17H2,1-3H3. The van der Waals surface area contributed by atoms with Crippen LogP contribution in [0.4, 0.5) is 0 Å². The van der Waals surface area contributed by atoms with Crippen molar-refractivity contribution in [1.29, 1.82) is 0 Å². The molecule has 2 aromatic carbocycles.